The maximum atomic E-state index is 12.1. The van der Waals surface area contributed by atoms with Gasteiger partial charge in [-0.3, -0.25) is 0 Å². The van der Waals surface area contributed by atoms with Crippen molar-refractivity contribution in [2.75, 3.05) is 33.4 Å². The van der Waals surface area contributed by atoms with Crippen molar-refractivity contribution < 1.29 is 13.2 Å². The van der Waals surface area contributed by atoms with E-state index in [2.05, 4.69) is 28.9 Å². The minimum Gasteiger partial charge on any atom is -0.381 e. The van der Waals surface area contributed by atoms with Gasteiger partial charge in [-0.2, -0.15) is 0 Å². The third kappa shape index (κ3) is 9.02. The molecule has 2 rings (SSSR count). The smallest absolute Gasteiger partial charge is 0.216 e. The molecule has 30 heavy (non-hydrogen) atoms. The second-order valence-electron chi connectivity index (χ2n) is 8.28. The Labute approximate surface area is 182 Å². The summed E-state index contributed by atoms with van der Waals surface area (Å²) in [6.45, 7) is 9.82. The van der Waals surface area contributed by atoms with E-state index in [0.29, 0.717) is 6.54 Å². The van der Waals surface area contributed by atoms with Crippen LogP contribution >= 0.6 is 0 Å². The van der Waals surface area contributed by atoms with Crippen molar-refractivity contribution in [2.45, 2.75) is 58.4 Å². The molecule has 0 radical (unpaired) electrons. The number of aliphatic imine (C=N–C) groups is 1. The first kappa shape index (κ1) is 24.6. The fourth-order valence-corrected chi connectivity index (χ4v) is 4.95. The molecule has 7 nitrogen and oxygen atoms in total. The molecule has 0 amide bonds. The van der Waals surface area contributed by atoms with Gasteiger partial charge in [0.2, 0.25) is 10.0 Å². The number of nitrogens with zero attached hydrogens (tertiary/aromatic N) is 2. The van der Waals surface area contributed by atoms with Crippen molar-refractivity contribution in [3.05, 3.63) is 35.4 Å². The summed E-state index contributed by atoms with van der Waals surface area (Å²) in [5, 5.41) is 3.36. The van der Waals surface area contributed by atoms with Crippen LogP contribution in [0, 0.1) is 5.92 Å². The van der Waals surface area contributed by atoms with Gasteiger partial charge in [-0.05, 0) is 57.1 Å². The number of hydrogen-bond donors (Lipinski definition) is 2. The number of hydrogen-bond acceptors (Lipinski definition) is 4. The van der Waals surface area contributed by atoms with Crippen LogP contribution in [-0.2, 0) is 27.1 Å². The fourth-order valence-electron chi connectivity index (χ4n) is 3.51. The molecule has 1 aliphatic heterocycles. The van der Waals surface area contributed by atoms with Crippen molar-refractivity contribution in [3.8, 4) is 0 Å². The monoisotopic (exact) mass is 438 g/mol. The van der Waals surface area contributed by atoms with E-state index >= 15 is 0 Å². The van der Waals surface area contributed by atoms with Gasteiger partial charge in [0.15, 0.2) is 5.96 Å². The van der Waals surface area contributed by atoms with E-state index in [9.17, 15) is 8.42 Å². The molecule has 0 aromatic heterocycles. The first-order chi connectivity index (χ1) is 14.3. The van der Waals surface area contributed by atoms with Crippen LogP contribution in [0.1, 0.15) is 51.2 Å². The van der Waals surface area contributed by atoms with Crippen LogP contribution < -0.4 is 10.0 Å². The second kappa shape index (κ2) is 12.3. The van der Waals surface area contributed by atoms with Gasteiger partial charge in [0.05, 0.1) is 12.3 Å². The molecule has 0 atom stereocenters. The van der Waals surface area contributed by atoms with E-state index in [-0.39, 0.29) is 11.8 Å². The van der Waals surface area contributed by atoms with Gasteiger partial charge >= 0.3 is 0 Å². The van der Waals surface area contributed by atoms with Gasteiger partial charge in [-0.25, -0.2) is 18.1 Å². The summed E-state index contributed by atoms with van der Waals surface area (Å²) < 4.78 is 32.2. The second-order valence-corrected chi connectivity index (χ2v) is 10.0. The first-order valence-electron chi connectivity index (χ1n) is 10.9. The molecular formula is C22H38N4O3S. The highest BCUT2D eigenvalue weighted by atomic mass is 32.2. The van der Waals surface area contributed by atoms with E-state index in [0.717, 1.165) is 68.6 Å². The number of sulfonamides is 1. The summed E-state index contributed by atoms with van der Waals surface area (Å²) in [4.78, 5) is 6.96. The topological polar surface area (TPSA) is 83.0 Å². The van der Waals surface area contributed by atoms with Gasteiger partial charge in [-0.1, -0.05) is 24.3 Å². The number of guanidine groups is 1. The highest BCUT2D eigenvalue weighted by molar-refractivity contribution is 7.88. The Morgan fingerprint density at radius 1 is 1.20 bits per heavy atom. The molecule has 170 valence electrons. The zero-order valence-electron chi connectivity index (χ0n) is 18.9. The lowest BCUT2D eigenvalue weighted by Gasteiger charge is -2.26. The van der Waals surface area contributed by atoms with Gasteiger partial charge < -0.3 is 15.0 Å². The number of rotatable bonds is 10. The normalized spacial score (nSPS) is 16.1. The van der Waals surface area contributed by atoms with Gasteiger partial charge in [0.25, 0.3) is 0 Å². The Hall–Kier alpha value is -1.64. The molecule has 1 heterocycles. The van der Waals surface area contributed by atoms with Crippen LogP contribution in [0.25, 0.3) is 0 Å². The van der Waals surface area contributed by atoms with E-state index in [1.807, 2.05) is 38.1 Å². The van der Waals surface area contributed by atoms with E-state index in [1.165, 1.54) is 0 Å². The van der Waals surface area contributed by atoms with Crippen molar-refractivity contribution in [3.63, 3.8) is 0 Å². The van der Waals surface area contributed by atoms with Crippen molar-refractivity contribution in [2.24, 2.45) is 10.9 Å². The van der Waals surface area contributed by atoms with Crippen LogP contribution in [0.3, 0.4) is 0 Å². The lowest BCUT2D eigenvalue weighted by Crippen LogP contribution is -2.40. The third-order valence-electron chi connectivity index (χ3n) is 5.12. The van der Waals surface area contributed by atoms with Crippen molar-refractivity contribution in [1.82, 2.24) is 14.9 Å². The summed E-state index contributed by atoms with van der Waals surface area (Å²) >= 11 is 0. The third-order valence-corrected chi connectivity index (χ3v) is 6.66. The van der Waals surface area contributed by atoms with E-state index in [4.69, 9.17) is 9.73 Å². The molecular weight excluding hydrogens is 400 g/mol. The predicted octanol–water partition coefficient (Wildman–Crippen LogP) is 2.73. The molecule has 0 spiro atoms. The predicted molar refractivity (Wildman–Crippen MR) is 123 cm³/mol. The Morgan fingerprint density at radius 2 is 1.83 bits per heavy atom. The molecule has 1 aromatic rings. The molecule has 0 unspecified atom stereocenters. The maximum Gasteiger partial charge on any atom is 0.216 e. The highest BCUT2D eigenvalue weighted by Gasteiger charge is 2.16. The van der Waals surface area contributed by atoms with Gasteiger partial charge in [0, 0.05) is 39.4 Å². The standard InChI is InChI=1S/C22H38N4O3S/c1-5-23-22(26(4)13-10-19-11-14-29-15-12-19)24-16-20-6-8-21(9-7-20)17-30(27,28)25-18(2)3/h6-9,18-19,25H,5,10-17H2,1-4H3,(H,23,24). The minimum atomic E-state index is -3.31. The molecule has 1 fully saturated rings. The maximum absolute atomic E-state index is 12.1. The average molecular weight is 439 g/mol. The zero-order valence-corrected chi connectivity index (χ0v) is 19.7. The van der Waals surface area contributed by atoms with Crippen molar-refractivity contribution in [1.29, 1.82) is 0 Å². The zero-order chi connectivity index (χ0) is 22.0. The lowest BCUT2D eigenvalue weighted by molar-refractivity contribution is 0.0625. The molecule has 0 saturated carbocycles. The molecule has 0 aliphatic carbocycles. The van der Waals surface area contributed by atoms with Crippen LogP contribution in [0.5, 0.6) is 0 Å². The Bertz CT molecular complexity index is 757. The number of nitrogens with one attached hydrogen (secondary N) is 2. The molecule has 2 N–H and O–H groups in total. The Kier molecular flexibility index (Phi) is 10.1. The SMILES string of the molecule is CCNC(=NCc1ccc(CS(=O)(=O)NC(C)C)cc1)N(C)CCC1CCOCC1. The quantitative estimate of drug-likeness (QED) is 0.434. The largest absolute Gasteiger partial charge is 0.381 e. The lowest BCUT2D eigenvalue weighted by atomic mass is 9.96. The average Bonchev–Trinajstić information content (AvgIpc) is 2.70. The Morgan fingerprint density at radius 3 is 2.43 bits per heavy atom. The Balaban J connectivity index is 1.91. The summed E-state index contributed by atoms with van der Waals surface area (Å²) in [6.07, 6.45) is 3.45. The van der Waals surface area contributed by atoms with Gasteiger partial charge in [0.1, 0.15) is 0 Å². The van der Waals surface area contributed by atoms with Crippen LogP contribution in [0.4, 0.5) is 0 Å². The molecule has 1 aliphatic rings. The van der Waals surface area contributed by atoms with E-state index in [1.54, 1.807) is 0 Å². The first-order valence-corrected chi connectivity index (χ1v) is 12.6. The molecule has 8 heteroatoms. The van der Waals surface area contributed by atoms with Crippen LogP contribution in [0.15, 0.2) is 29.3 Å². The van der Waals surface area contributed by atoms with Crippen molar-refractivity contribution >= 4 is 16.0 Å². The summed E-state index contributed by atoms with van der Waals surface area (Å²) in [5.74, 6) is 1.63. The highest BCUT2D eigenvalue weighted by Crippen LogP contribution is 2.18. The minimum absolute atomic E-state index is 0.00763. The molecule has 1 aromatic carbocycles. The van der Waals surface area contributed by atoms with E-state index < -0.39 is 10.0 Å². The van der Waals surface area contributed by atoms with Gasteiger partial charge in [-0.15, -0.1) is 0 Å². The van der Waals surface area contributed by atoms with Crippen LogP contribution in [0.2, 0.25) is 0 Å². The number of ether oxygens (including phenoxy) is 1. The van der Waals surface area contributed by atoms with Crippen LogP contribution in [-0.4, -0.2) is 58.7 Å². The molecule has 0 bridgehead atoms. The number of benzene rings is 1. The summed E-state index contributed by atoms with van der Waals surface area (Å²) in [6, 6.07) is 7.54. The fraction of sp³-hybridized carbons (Fsp3) is 0.682. The molecule has 1 saturated heterocycles. The summed E-state index contributed by atoms with van der Waals surface area (Å²) in [7, 11) is -1.23. The summed E-state index contributed by atoms with van der Waals surface area (Å²) in [5.41, 5.74) is 1.83.